The summed E-state index contributed by atoms with van der Waals surface area (Å²) in [5, 5.41) is 8.28. The number of anilines is 1. The number of carbonyl (C=O) groups excluding carboxylic acids is 1. The molecule has 3 aromatic heterocycles. The highest BCUT2D eigenvalue weighted by atomic mass is 127. The highest BCUT2D eigenvalue weighted by Crippen LogP contribution is 2.35. The molecule has 9 heteroatoms. The number of aromatic nitrogens is 5. The molecule has 0 fully saturated rings. The minimum atomic E-state index is -0.296. The van der Waals surface area contributed by atoms with Gasteiger partial charge in [0.15, 0.2) is 11.5 Å². The summed E-state index contributed by atoms with van der Waals surface area (Å²) >= 11 is 2.17. The lowest BCUT2D eigenvalue weighted by atomic mass is 9.96. The van der Waals surface area contributed by atoms with Crippen LogP contribution in [0.3, 0.4) is 0 Å². The predicted octanol–water partition coefficient (Wildman–Crippen LogP) is 4.13. The summed E-state index contributed by atoms with van der Waals surface area (Å²) in [6.45, 7) is 2.22. The fourth-order valence-electron chi connectivity index (χ4n) is 3.72. The second-order valence-electron chi connectivity index (χ2n) is 7.23. The van der Waals surface area contributed by atoms with Crippen LogP contribution >= 0.6 is 22.6 Å². The molecule has 0 aliphatic carbocycles. The molecule has 150 valence electrons. The van der Waals surface area contributed by atoms with E-state index in [1.165, 1.54) is 6.07 Å². The zero-order chi connectivity index (χ0) is 20.8. The van der Waals surface area contributed by atoms with E-state index in [1.54, 1.807) is 29.1 Å². The second kappa shape index (κ2) is 7.38. The third kappa shape index (κ3) is 3.22. The normalized spacial score (nSPS) is 15.8. The molecule has 0 saturated carbocycles. The van der Waals surface area contributed by atoms with Crippen LogP contribution in [0.5, 0.6) is 0 Å². The van der Waals surface area contributed by atoms with Crippen LogP contribution in [0.25, 0.3) is 22.6 Å². The van der Waals surface area contributed by atoms with Crippen molar-refractivity contribution in [3.8, 4) is 11.5 Å². The van der Waals surface area contributed by atoms with Crippen molar-refractivity contribution >= 4 is 45.3 Å². The van der Waals surface area contributed by atoms with Gasteiger partial charge in [0, 0.05) is 23.7 Å². The topological polar surface area (TPSA) is 85.6 Å². The van der Waals surface area contributed by atoms with E-state index in [9.17, 15) is 9.18 Å². The molecule has 1 N–H and O–H groups in total. The maximum atomic E-state index is 14.2. The van der Waals surface area contributed by atoms with Gasteiger partial charge in [-0.25, -0.2) is 24.0 Å². The maximum Gasteiger partial charge on any atom is 0.226 e. The standard InChI is InChI=1S/C21H16FIN6O/c1-11-9-15(30)25-19-16(11)18(23)26-20(27-19)17-13-6-4-8-24-21(13)29(28-17)10-12-5-2-3-7-14(12)22/h2-8,11H,9-10H2,1H3,(H,25,26,27,30). The fraction of sp³-hybridized carbons (Fsp3) is 0.190. The summed E-state index contributed by atoms with van der Waals surface area (Å²) in [5.74, 6) is 0.611. The fourth-order valence-corrected chi connectivity index (χ4v) is 4.73. The summed E-state index contributed by atoms with van der Waals surface area (Å²) in [4.78, 5) is 25.7. The van der Waals surface area contributed by atoms with Crippen molar-refractivity contribution in [3.63, 3.8) is 0 Å². The van der Waals surface area contributed by atoms with Crippen molar-refractivity contribution in [3.05, 3.63) is 63.2 Å². The van der Waals surface area contributed by atoms with Crippen LogP contribution in [0.1, 0.15) is 30.4 Å². The average molecular weight is 514 g/mol. The van der Waals surface area contributed by atoms with Gasteiger partial charge in [0.1, 0.15) is 21.0 Å². The third-order valence-corrected chi connectivity index (χ3v) is 5.96. The lowest BCUT2D eigenvalue weighted by Crippen LogP contribution is -2.24. The first-order chi connectivity index (χ1) is 14.5. The molecule has 1 amide bonds. The highest BCUT2D eigenvalue weighted by Gasteiger charge is 2.28. The molecule has 4 heterocycles. The summed E-state index contributed by atoms with van der Waals surface area (Å²) in [5.41, 5.74) is 2.61. The Hall–Kier alpha value is -2.95. The number of amides is 1. The Kier molecular flexibility index (Phi) is 4.69. The molecule has 7 nitrogen and oxygen atoms in total. The highest BCUT2D eigenvalue weighted by molar-refractivity contribution is 14.1. The molecule has 1 aliphatic rings. The number of pyridine rings is 1. The SMILES string of the molecule is CC1CC(=O)Nc2nc(-c3nn(Cc4ccccc4F)c4ncccc34)nc(I)c21. The predicted molar refractivity (Wildman–Crippen MR) is 118 cm³/mol. The number of carbonyl (C=O) groups is 1. The Balaban J connectivity index is 1.66. The first-order valence-corrected chi connectivity index (χ1v) is 10.5. The van der Waals surface area contributed by atoms with Gasteiger partial charge < -0.3 is 5.32 Å². The minimum Gasteiger partial charge on any atom is -0.310 e. The Morgan fingerprint density at radius 2 is 2.07 bits per heavy atom. The van der Waals surface area contributed by atoms with Crippen LogP contribution in [-0.2, 0) is 11.3 Å². The van der Waals surface area contributed by atoms with Crippen molar-refractivity contribution in [1.82, 2.24) is 24.7 Å². The number of nitrogens with one attached hydrogen (secondary N) is 1. The molecule has 1 aromatic carbocycles. The maximum absolute atomic E-state index is 14.2. The zero-order valence-electron chi connectivity index (χ0n) is 15.9. The molecule has 30 heavy (non-hydrogen) atoms. The van der Waals surface area contributed by atoms with Gasteiger partial charge in [-0.2, -0.15) is 5.10 Å². The van der Waals surface area contributed by atoms with Crippen LogP contribution < -0.4 is 5.32 Å². The van der Waals surface area contributed by atoms with E-state index in [0.29, 0.717) is 35.0 Å². The molecular weight excluding hydrogens is 498 g/mol. The summed E-state index contributed by atoms with van der Waals surface area (Å²) in [7, 11) is 0. The van der Waals surface area contributed by atoms with Crippen LogP contribution in [0.2, 0.25) is 0 Å². The van der Waals surface area contributed by atoms with E-state index in [0.717, 1.165) is 14.7 Å². The van der Waals surface area contributed by atoms with E-state index < -0.39 is 0 Å². The van der Waals surface area contributed by atoms with Gasteiger partial charge in [-0.1, -0.05) is 25.1 Å². The van der Waals surface area contributed by atoms with Crippen molar-refractivity contribution in [2.24, 2.45) is 0 Å². The molecule has 4 aromatic rings. The first-order valence-electron chi connectivity index (χ1n) is 9.44. The molecule has 1 unspecified atom stereocenters. The van der Waals surface area contributed by atoms with Gasteiger partial charge in [0.25, 0.3) is 0 Å². The summed E-state index contributed by atoms with van der Waals surface area (Å²) < 4.78 is 16.6. The molecule has 1 atom stereocenters. The van der Waals surface area contributed by atoms with Crippen molar-refractivity contribution < 1.29 is 9.18 Å². The number of benzene rings is 1. The van der Waals surface area contributed by atoms with Gasteiger partial charge in [-0.05, 0) is 46.7 Å². The van der Waals surface area contributed by atoms with Crippen molar-refractivity contribution in [1.29, 1.82) is 0 Å². The van der Waals surface area contributed by atoms with E-state index in [4.69, 9.17) is 0 Å². The third-order valence-electron chi connectivity index (χ3n) is 5.14. The Morgan fingerprint density at radius 3 is 2.90 bits per heavy atom. The van der Waals surface area contributed by atoms with Crippen LogP contribution in [0, 0.1) is 9.52 Å². The Bertz CT molecular complexity index is 1300. The smallest absolute Gasteiger partial charge is 0.226 e. The van der Waals surface area contributed by atoms with Gasteiger partial charge >= 0.3 is 0 Å². The molecule has 0 spiro atoms. The Labute approximate surface area is 184 Å². The number of halogens is 2. The second-order valence-corrected chi connectivity index (χ2v) is 8.25. The van der Waals surface area contributed by atoms with E-state index in [2.05, 4.69) is 48.0 Å². The summed E-state index contributed by atoms with van der Waals surface area (Å²) in [6.07, 6.45) is 2.08. The lowest BCUT2D eigenvalue weighted by Gasteiger charge is -2.22. The molecule has 0 radical (unpaired) electrons. The van der Waals surface area contributed by atoms with Gasteiger partial charge in [-0.15, -0.1) is 0 Å². The van der Waals surface area contributed by atoms with E-state index >= 15 is 0 Å². The number of fused-ring (bicyclic) bond motifs is 2. The van der Waals surface area contributed by atoms with Crippen LogP contribution in [0.4, 0.5) is 10.2 Å². The molecular formula is C21H16FIN6O. The lowest BCUT2D eigenvalue weighted by molar-refractivity contribution is -0.116. The minimum absolute atomic E-state index is 0.0479. The van der Waals surface area contributed by atoms with Crippen LogP contribution in [-0.4, -0.2) is 30.6 Å². The van der Waals surface area contributed by atoms with Gasteiger partial charge in [-0.3, -0.25) is 4.79 Å². The van der Waals surface area contributed by atoms with E-state index in [-0.39, 0.29) is 24.2 Å². The number of hydrogen-bond donors (Lipinski definition) is 1. The molecule has 5 rings (SSSR count). The summed E-state index contributed by atoms with van der Waals surface area (Å²) in [6, 6.07) is 10.3. The molecule has 0 saturated heterocycles. The number of rotatable bonds is 3. The largest absolute Gasteiger partial charge is 0.310 e. The van der Waals surface area contributed by atoms with Crippen molar-refractivity contribution in [2.75, 3.05) is 5.32 Å². The molecule has 1 aliphatic heterocycles. The van der Waals surface area contributed by atoms with Crippen LogP contribution in [0.15, 0.2) is 42.6 Å². The monoisotopic (exact) mass is 514 g/mol. The van der Waals surface area contributed by atoms with Crippen molar-refractivity contribution in [2.45, 2.75) is 25.8 Å². The molecule has 0 bridgehead atoms. The first kappa shape index (κ1) is 19.0. The zero-order valence-corrected chi connectivity index (χ0v) is 18.1. The quantitative estimate of drug-likeness (QED) is 0.329. The van der Waals surface area contributed by atoms with Gasteiger partial charge in [0.2, 0.25) is 5.91 Å². The van der Waals surface area contributed by atoms with Gasteiger partial charge in [0.05, 0.1) is 11.9 Å². The van der Waals surface area contributed by atoms with E-state index in [1.807, 2.05) is 19.1 Å². The Morgan fingerprint density at radius 1 is 1.23 bits per heavy atom. The number of hydrogen-bond acceptors (Lipinski definition) is 5. The average Bonchev–Trinajstić information content (AvgIpc) is 3.07. The number of nitrogens with zero attached hydrogens (tertiary/aromatic N) is 5.